The molecule has 0 atom stereocenters. The molecule has 1 aliphatic carbocycles. The second-order valence-electron chi connectivity index (χ2n) is 7.04. The Balaban J connectivity index is 1.53. The highest BCUT2D eigenvalue weighted by molar-refractivity contribution is 5.97. The summed E-state index contributed by atoms with van der Waals surface area (Å²) < 4.78 is 5.51. The van der Waals surface area contributed by atoms with Crippen molar-refractivity contribution in [2.75, 3.05) is 11.9 Å². The molecule has 2 aromatic carbocycles. The Morgan fingerprint density at radius 3 is 2.59 bits per heavy atom. The molecule has 0 aromatic heterocycles. The minimum absolute atomic E-state index is 0.0814. The lowest BCUT2D eigenvalue weighted by Crippen LogP contribution is -2.36. The lowest BCUT2D eigenvalue weighted by atomic mass is 9.95. The normalized spacial score (nSPS) is 14.4. The van der Waals surface area contributed by atoms with E-state index in [1.54, 1.807) is 24.3 Å². The number of hydrogen-bond acceptors (Lipinski definition) is 3. The Hall–Kier alpha value is -2.82. The molecule has 0 bridgehead atoms. The molecule has 1 aliphatic rings. The Morgan fingerprint density at radius 1 is 1.04 bits per heavy atom. The van der Waals surface area contributed by atoms with Crippen molar-refractivity contribution in [3.05, 3.63) is 59.7 Å². The Morgan fingerprint density at radius 2 is 1.81 bits per heavy atom. The third-order valence-electron chi connectivity index (χ3n) is 4.71. The number of carbonyl (C=O) groups excluding carboxylic acids is 2. The van der Waals surface area contributed by atoms with E-state index in [4.69, 9.17) is 4.74 Å². The van der Waals surface area contributed by atoms with Gasteiger partial charge in [0.2, 0.25) is 0 Å². The van der Waals surface area contributed by atoms with Crippen molar-refractivity contribution in [1.82, 2.24) is 5.32 Å². The second kappa shape index (κ2) is 9.21. The van der Waals surface area contributed by atoms with Crippen LogP contribution in [0.1, 0.15) is 48.0 Å². The van der Waals surface area contributed by atoms with Crippen LogP contribution in [-0.4, -0.2) is 24.5 Å². The molecule has 5 nitrogen and oxygen atoms in total. The molecule has 142 valence electrons. The SMILES string of the molecule is Cc1cccc(OCC(=O)Nc2cccc(C(=O)NC3CCCCC3)c2)c1. The fourth-order valence-corrected chi connectivity index (χ4v) is 3.30. The van der Waals surface area contributed by atoms with E-state index in [0.717, 1.165) is 18.4 Å². The van der Waals surface area contributed by atoms with Crippen molar-refractivity contribution < 1.29 is 14.3 Å². The summed E-state index contributed by atoms with van der Waals surface area (Å²) in [6.45, 7) is 1.89. The van der Waals surface area contributed by atoms with Crippen LogP contribution in [0.4, 0.5) is 5.69 Å². The minimum Gasteiger partial charge on any atom is -0.484 e. The first-order chi connectivity index (χ1) is 13.1. The molecule has 0 radical (unpaired) electrons. The maximum atomic E-state index is 12.4. The summed E-state index contributed by atoms with van der Waals surface area (Å²) in [5.41, 5.74) is 2.21. The molecule has 0 heterocycles. The zero-order valence-electron chi connectivity index (χ0n) is 15.7. The van der Waals surface area contributed by atoms with Crippen LogP contribution in [-0.2, 0) is 4.79 Å². The van der Waals surface area contributed by atoms with Crippen LogP contribution in [0.2, 0.25) is 0 Å². The van der Waals surface area contributed by atoms with E-state index >= 15 is 0 Å². The van der Waals surface area contributed by atoms with Gasteiger partial charge >= 0.3 is 0 Å². The fraction of sp³-hybridized carbons (Fsp3) is 0.364. The summed E-state index contributed by atoms with van der Waals surface area (Å²) in [7, 11) is 0. The fourth-order valence-electron chi connectivity index (χ4n) is 3.30. The van der Waals surface area contributed by atoms with Crippen LogP contribution in [0.15, 0.2) is 48.5 Å². The summed E-state index contributed by atoms with van der Waals surface area (Å²) in [5.74, 6) is 0.307. The van der Waals surface area contributed by atoms with E-state index in [2.05, 4.69) is 10.6 Å². The van der Waals surface area contributed by atoms with Gasteiger partial charge in [0.1, 0.15) is 5.75 Å². The number of rotatable bonds is 6. The van der Waals surface area contributed by atoms with Gasteiger partial charge in [0.15, 0.2) is 6.61 Å². The maximum Gasteiger partial charge on any atom is 0.262 e. The zero-order valence-corrected chi connectivity index (χ0v) is 15.7. The maximum absolute atomic E-state index is 12.4. The first-order valence-corrected chi connectivity index (χ1v) is 9.50. The molecule has 0 saturated heterocycles. The lowest BCUT2D eigenvalue weighted by molar-refractivity contribution is -0.118. The molecule has 1 fully saturated rings. The van der Waals surface area contributed by atoms with Crippen LogP contribution >= 0.6 is 0 Å². The summed E-state index contributed by atoms with van der Waals surface area (Å²) in [6, 6.07) is 14.8. The average molecular weight is 366 g/mol. The molecule has 27 heavy (non-hydrogen) atoms. The van der Waals surface area contributed by atoms with Gasteiger partial charge in [-0.2, -0.15) is 0 Å². The third-order valence-corrected chi connectivity index (χ3v) is 4.71. The summed E-state index contributed by atoms with van der Waals surface area (Å²) >= 11 is 0. The first kappa shape index (κ1) is 19.0. The van der Waals surface area contributed by atoms with Gasteiger partial charge in [0.05, 0.1) is 0 Å². The molecule has 2 amide bonds. The van der Waals surface area contributed by atoms with Crippen LogP contribution in [0.5, 0.6) is 5.75 Å². The van der Waals surface area contributed by atoms with Gasteiger partial charge in [-0.25, -0.2) is 0 Å². The number of benzene rings is 2. The van der Waals surface area contributed by atoms with E-state index in [1.807, 2.05) is 31.2 Å². The number of hydrogen-bond donors (Lipinski definition) is 2. The Labute approximate surface area is 160 Å². The number of aryl methyl sites for hydroxylation is 1. The van der Waals surface area contributed by atoms with Crippen LogP contribution in [0.3, 0.4) is 0 Å². The topological polar surface area (TPSA) is 67.4 Å². The first-order valence-electron chi connectivity index (χ1n) is 9.50. The van der Waals surface area contributed by atoms with Gasteiger partial charge in [-0.3, -0.25) is 9.59 Å². The van der Waals surface area contributed by atoms with Crippen molar-refractivity contribution in [2.24, 2.45) is 0 Å². The highest BCUT2D eigenvalue weighted by Gasteiger charge is 2.17. The highest BCUT2D eigenvalue weighted by atomic mass is 16.5. The lowest BCUT2D eigenvalue weighted by Gasteiger charge is -2.22. The van der Waals surface area contributed by atoms with Gasteiger partial charge in [-0.05, 0) is 55.7 Å². The molecule has 1 saturated carbocycles. The van der Waals surface area contributed by atoms with Crippen molar-refractivity contribution in [3.63, 3.8) is 0 Å². The van der Waals surface area contributed by atoms with Crippen LogP contribution in [0.25, 0.3) is 0 Å². The molecule has 5 heteroatoms. The van der Waals surface area contributed by atoms with E-state index in [0.29, 0.717) is 17.0 Å². The molecular weight excluding hydrogens is 340 g/mol. The molecule has 2 aromatic rings. The number of anilines is 1. The van der Waals surface area contributed by atoms with Gasteiger partial charge in [-0.1, -0.05) is 37.5 Å². The monoisotopic (exact) mass is 366 g/mol. The highest BCUT2D eigenvalue weighted by Crippen LogP contribution is 2.18. The van der Waals surface area contributed by atoms with Gasteiger partial charge in [0.25, 0.3) is 11.8 Å². The number of carbonyl (C=O) groups is 2. The van der Waals surface area contributed by atoms with Crippen molar-refractivity contribution in [2.45, 2.75) is 45.1 Å². The summed E-state index contributed by atoms with van der Waals surface area (Å²) in [4.78, 5) is 24.6. The molecular formula is C22H26N2O3. The number of amides is 2. The number of ether oxygens (including phenoxy) is 1. The minimum atomic E-state index is -0.263. The smallest absolute Gasteiger partial charge is 0.262 e. The Kier molecular flexibility index (Phi) is 6.47. The van der Waals surface area contributed by atoms with Crippen molar-refractivity contribution >= 4 is 17.5 Å². The third kappa shape index (κ3) is 5.84. The van der Waals surface area contributed by atoms with E-state index < -0.39 is 0 Å². The quantitative estimate of drug-likeness (QED) is 0.810. The molecule has 3 rings (SSSR count). The average Bonchev–Trinajstić information content (AvgIpc) is 2.67. The Bertz CT molecular complexity index is 798. The van der Waals surface area contributed by atoms with E-state index in [1.165, 1.54) is 19.3 Å². The largest absolute Gasteiger partial charge is 0.484 e. The summed E-state index contributed by atoms with van der Waals surface area (Å²) in [6.07, 6.45) is 5.67. The van der Waals surface area contributed by atoms with Gasteiger partial charge < -0.3 is 15.4 Å². The van der Waals surface area contributed by atoms with Crippen LogP contribution in [0, 0.1) is 6.92 Å². The molecule has 0 spiro atoms. The van der Waals surface area contributed by atoms with E-state index in [9.17, 15) is 9.59 Å². The zero-order chi connectivity index (χ0) is 19.1. The predicted octanol–water partition coefficient (Wildman–Crippen LogP) is 4.08. The van der Waals surface area contributed by atoms with Crippen molar-refractivity contribution in [1.29, 1.82) is 0 Å². The number of nitrogens with one attached hydrogen (secondary N) is 2. The van der Waals surface area contributed by atoms with Gasteiger partial charge in [-0.15, -0.1) is 0 Å². The van der Waals surface area contributed by atoms with Crippen molar-refractivity contribution in [3.8, 4) is 5.75 Å². The van der Waals surface area contributed by atoms with Crippen LogP contribution < -0.4 is 15.4 Å². The standard InChI is InChI=1S/C22H26N2O3/c1-16-7-5-12-20(13-16)27-15-21(25)23-19-11-6-8-17(14-19)22(26)24-18-9-3-2-4-10-18/h5-8,11-14,18H,2-4,9-10,15H2,1H3,(H,23,25)(H,24,26). The molecule has 2 N–H and O–H groups in total. The second-order valence-corrected chi connectivity index (χ2v) is 7.04. The summed E-state index contributed by atoms with van der Waals surface area (Å²) in [5, 5.41) is 5.87. The van der Waals surface area contributed by atoms with Gasteiger partial charge in [0, 0.05) is 17.3 Å². The predicted molar refractivity (Wildman–Crippen MR) is 106 cm³/mol. The van der Waals surface area contributed by atoms with E-state index in [-0.39, 0.29) is 24.5 Å². The molecule has 0 unspecified atom stereocenters. The molecule has 0 aliphatic heterocycles.